The number of nitrogens with two attached hydrogens (primary N) is 1. The Morgan fingerprint density at radius 1 is 1.35 bits per heavy atom. The zero-order valence-electron chi connectivity index (χ0n) is 11.1. The van der Waals surface area contributed by atoms with Gasteiger partial charge in [-0.25, -0.2) is 4.98 Å². The Labute approximate surface area is 122 Å². The summed E-state index contributed by atoms with van der Waals surface area (Å²) >= 11 is 5.97. The van der Waals surface area contributed by atoms with Gasteiger partial charge in [-0.2, -0.15) is 0 Å². The van der Waals surface area contributed by atoms with E-state index >= 15 is 0 Å². The summed E-state index contributed by atoms with van der Waals surface area (Å²) in [6.45, 7) is 1.36. The molecule has 1 aromatic heterocycles. The van der Waals surface area contributed by atoms with E-state index in [4.69, 9.17) is 17.3 Å². The quantitative estimate of drug-likeness (QED) is 0.877. The van der Waals surface area contributed by atoms with Gasteiger partial charge in [0, 0.05) is 29.5 Å². The summed E-state index contributed by atoms with van der Waals surface area (Å²) in [5, 5.41) is 1.59. The van der Waals surface area contributed by atoms with Gasteiger partial charge in [-0.05, 0) is 31.0 Å². The van der Waals surface area contributed by atoms with Crippen LogP contribution in [-0.4, -0.2) is 34.9 Å². The SMILES string of the molecule is N[C@H]1CCCN(C(=O)c2ccc3ccc(Cl)cc3n2)C1. The molecule has 1 atom stereocenters. The molecule has 5 heteroatoms. The number of aromatic nitrogens is 1. The van der Waals surface area contributed by atoms with Crippen molar-refractivity contribution in [2.75, 3.05) is 13.1 Å². The summed E-state index contributed by atoms with van der Waals surface area (Å²) in [5.41, 5.74) is 7.11. The molecule has 2 N–H and O–H groups in total. The number of piperidine rings is 1. The Kier molecular flexibility index (Phi) is 3.59. The van der Waals surface area contributed by atoms with Crippen LogP contribution in [-0.2, 0) is 0 Å². The van der Waals surface area contributed by atoms with Crippen LogP contribution in [0.3, 0.4) is 0 Å². The molecular formula is C15H16ClN3O. The standard InChI is InChI=1S/C15H16ClN3O/c16-11-5-3-10-4-6-13(18-14(10)8-11)15(20)19-7-1-2-12(17)9-19/h3-6,8,12H,1-2,7,9,17H2/t12-/m0/s1. The van der Waals surface area contributed by atoms with E-state index < -0.39 is 0 Å². The third-order valence-corrected chi connectivity index (χ3v) is 3.85. The number of hydrogen-bond acceptors (Lipinski definition) is 3. The maximum atomic E-state index is 12.4. The van der Waals surface area contributed by atoms with E-state index in [0.29, 0.717) is 17.3 Å². The topological polar surface area (TPSA) is 59.2 Å². The number of likely N-dealkylation sites (tertiary alicyclic amines) is 1. The molecule has 0 spiro atoms. The van der Waals surface area contributed by atoms with Crippen LogP contribution in [0.4, 0.5) is 0 Å². The van der Waals surface area contributed by atoms with Gasteiger partial charge in [-0.3, -0.25) is 4.79 Å². The first-order chi connectivity index (χ1) is 9.63. The second-order valence-electron chi connectivity index (χ2n) is 5.19. The summed E-state index contributed by atoms with van der Waals surface area (Å²) in [7, 11) is 0. The molecule has 2 aromatic rings. The number of fused-ring (bicyclic) bond motifs is 1. The number of carbonyl (C=O) groups excluding carboxylic acids is 1. The normalized spacial score (nSPS) is 19.3. The highest BCUT2D eigenvalue weighted by Gasteiger charge is 2.23. The molecule has 1 aromatic carbocycles. The summed E-state index contributed by atoms with van der Waals surface area (Å²) in [6, 6.07) is 9.22. The van der Waals surface area contributed by atoms with Gasteiger partial charge in [0.1, 0.15) is 5.69 Å². The highest BCUT2D eigenvalue weighted by Crippen LogP contribution is 2.19. The predicted molar refractivity (Wildman–Crippen MR) is 79.9 cm³/mol. The lowest BCUT2D eigenvalue weighted by atomic mass is 10.1. The molecule has 1 amide bonds. The first-order valence-corrected chi connectivity index (χ1v) is 7.12. The number of carbonyl (C=O) groups is 1. The minimum absolute atomic E-state index is 0.0537. The molecule has 4 nitrogen and oxygen atoms in total. The van der Waals surface area contributed by atoms with Crippen molar-refractivity contribution in [3.63, 3.8) is 0 Å². The predicted octanol–water partition coefficient (Wildman–Crippen LogP) is 2.45. The van der Waals surface area contributed by atoms with Crippen molar-refractivity contribution in [1.29, 1.82) is 0 Å². The van der Waals surface area contributed by atoms with Crippen molar-refractivity contribution in [2.24, 2.45) is 5.73 Å². The highest BCUT2D eigenvalue weighted by molar-refractivity contribution is 6.31. The molecule has 0 radical (unpaired) electrons. The van der Waals surface area contributed by atoms with E-state index in [1.807, 2.05) is 18.2 Å². The highest BCUT2D eigenvalue weighted by atomic mass is 35.5. The van der Waals surface area contributed by atoms with Gasteiger partial charge in [-0.1, -0.05) is 23.7 Å². The molecule has 0 unspecified atom stereocenters. The molecule has 2 heterocycles. The summed E-state index contributed by atoms with van der Waals surface area (Å²) < 4.78 is 0. The maximum absolute atomic E-state index is 12.4. The number of amides is 1. The van der Waals surface area contributed by atoms with Gasteiger partial charge in [-0.15, -0.1) is 0 Å². The van der Waals surface area contributed by atoms with E-state index in [1.54, 1.807) is 17.0 Å². The van der Waals surface area contributed by atoms with E-state index in [9.17, 15) is 4.79 Å². The Morgan fingerprint density at radius 3 is 2.95 bits per heavy atom. The fourth-order valence-corrected chi connectivity index (χ4v) is 2.73. The van der Waals surface area contributed by atoms with Crippen LogP contribution >= 0.6 is 11.6 Å². The smallest absolute Gasteiger partial charge is 0.272 e. The molecule has 1 fully saturated rings. The van der Waals surface area contributed by atoms with Gasteiger partial charge in [0.2, 0.25) is 0 Å². The molecule has 104 valence electrons. The van der Waals surface area contributed by atoms with Crippen LogP contribution in [0, 0.1) is 0 Å². The number of hydrogen-bond donors (Lipinski definition) is 1. The molecule has 1 aliphatic heterocycles. The van der Waals surface area contributed by atoms with Crippen molar-refractivity contribution < 1.29 is 4.79 Å². The maximum Gasteiger partial charge on any atom is 0.272 e. The third-order valence-electron chi connectivity index (χ3n) is 3.62. The number of benzene rings is 1. The molecule has 20 heavy (non-hydrogen) atoms. The zero-order chi connectivity index (χ0) is 14.1. The molecule has 1 aliphatic rings. The molecule has 3 rings (SSSR count). The van der Waals surface area contributed by atoms with E-state index in [2.05, 4.69) is 4.98 Å². The first kappa shape index (κ1) is 13.3. The number of rotatable bonds is 1. The summed E-state index contributed by atoms with van der Waals surface area (Å²) in [4.78, 5) is 18.7. The van der Waals surface area contributed by atoms with Crippen molar-refractivity contribution in [1.82, 2.24) is 9.88 Å². The Morgan fingerprint density at radius 2 is 2.15 bits per heavy atom. The largest absolute Gasteiger partial charge is 0.336 e. The van der Waals surface area contributed by atoms with Crippen LogP contribution < -0.4 is 5.73 Å². The van der Waals surface area contributed by atoms with Crippen molar-refractivity contribution in [2.45, 2.75) is 18.9 Å². The Hall–Kier alpha value is -1.65. The van der Waals surface area contributed by atoms with Gasteiger partial charge in [0.25, 0.3) is 5.91 Å². The lowest BCUT2D eigenvalue weighted by Gasteiger charge is -2.30. The van der Waals surface area contributed by atoms with E-state index in [-0.39, 0.29) is 11.9 Å². The number of pyridine rings is 1. The minimum atomic E-state index is -0.0537. The van der Waals surface area contributed by atoms with Gasteiger partial charge in [0.05, 0.1) is 5.52 Å². The Balaban J connectivity index is 1.91. The van der Waals surface area contributed by atoms with Gasteiger partial charge in [0.15, 0.2) is 0 Å². The molecule has 0 aliphatic carbocycles. The average Bonchev–Trinajstić information content (AvgIpc) is 2.45. The molecule has 0 bridgehead atoms. The number of nitrogens with zero attached hydrogens (tertiary/aromatic N) is 2. The zero-order valence-corrected chi connectivity index (χ0v) is 11.8. The lowest BCUT2D eigenvalue weighted by molar-refractivity contribution is 0.0703. The van der Waals surface area contributed by atoms with Gasteiger partial charge >= 0.3 is 0 Å². The molecular weight excluding hydrogens is 274 g/mol. The van der Waals surface area contributed by atoms with Crippen molar-refractivity contribution >= 4 is 28.4 Å². The van der Waals surface area contributed by atoms with Crippen LogP contribution in [0.5, 0.6) is 0 Å². The lowest BCUT2D eigenvalue weighted by Crippen LogP contribution is -2.45. The van der Waals surface area contributed by atoms with Crippen molar-refractivity contribution in [3.05, 3.63) is 41.0 Å². The summed E-state index contributed by atoms with van der Waals surface area (Å²) in [5.74, 6) is -0.0537. The molecule has 1 saturated heterocycles. The van der Waals surface area contributed by atoms with E-state index in [0.717, 1.165) is 30.3 Å². The summed E-state index contributed by atoms with van der Waals surface area (Å²) in [6.07, 6.45) is 1.93. The van der Waals surface area contributed by atoms with E-state index in [1.165, 1.54) is 0 Å². The average molecular weight is 290 g/mol. The Bertz CT molecular complexity index is 659. The third kappa shape index (κ3) is 2.62. The fourth-order valence-electron chi connectivity index (χ4n) is 2.57. The van der Waals surface area contributed by atoms with Crippen LogP contribution in [0.2, 0.25) is 5.02 Å². The van der Waals surface area contributed by atoms with Crippen molar-refractivity contribution in [3.8, 4) is 0 Å². The van der Waals surface area contributed by atoms with Gasteiger partial charge < -0.3 is 10.6 Å². The van der Waals surface area contributed by atoms with Crippen LogP contribution in [0.15, 0.2) is 30.3 Å². The first-order valence-electron chi connectivity index (χ1n) is 6.74. The number of halogens is 1. The second-order valence-corrected chi connectivity index (χ2v) is 5.62. The molecule has 0 saturated carbocycles. The fraction of sp³-hybridized carbons (Fsp3) is 0.333. The monoisotopic (exact) mass is 289 g/mol. The second kappa shape index (κ2) is 5.38. The minimum Gasteiger partial charge on any atom is -0.336 e. The van der Waals surface area contributed by atoms with Crippen LogP contribution in [0.1, 0.15) is 23.3 Å². The van der Waals surface area contributed by atoms with Crippen LogP contribution in [0.25, 0.3) is 10.9 Å².